The van der Waals surface area contributed by atoms with E-state index in [1.165, 1.54) is 12.3 Å². The van der Waals surface area contributed by atoms with Crippen LogP contribution in [0.4, 0.5) is 5.69 Å². The van der Waals surface area contributed by atoms with E-state index in [9.17, 15) is 9.59 Å². The van der Waals surface area contributed by atoms with Crippen molar-refractivity contribution < 1.29 is 9.53 Å². The van der Waals surface area contributed by atoms with Crippen LogP contribution in [-0.2, 0) is 0 Å². The smallest absolute Gasteiger partial charge is 0.255 e. The number of hydrogen-bond acceptors (Lipinski definition) is 3. The molecule has 1 amide bonds. The Balaban J connectivity index is 2.06. The molecule has 0 atom stereocenters. The van der Waals surface area contributed by atoms with Gasteiger partial charge in [0.25, 0.3) is 5.91 Å². The largest absolute Gasteiger partial charge is 0.491 e. The predicted molar refractivity (Wildman–Crippen MR) is 77.2 cm³/mol. The Morgan fingerprint density at radius 1 is 1.20 bits per heavy atom. The van der Waals surface area contributed by atoms with E-state index in [0.29, 0.717) is 11.3 Å². The summed E-state index contributed by atoms with van der Waals surface area (Å²) in [6, 6.07) is 9.88. The van der Waals surface area contributed by atoms with E-state index < -0.39 is 0 Å². The summed E-state index contributed by atoms with van der Waals surface area (Å²) in [6.07, 6.45) is 1.54. The van der Waals surface area contributed by atoms with E-state index in [2.05, 4.69) is 10.3 Å². The van der Waals surface area contributed by atoms with Gasteiger partial charge in [-0.1, -0.05) is 0 Å². The van der Waals surface area contributed by atoms with Crippen LogP contribution >= 0.6 is 0 Å². The molecular formula is C15H16N2O3. The van der Waals surface area contributed by atoms with Crippen molar-refractivity contribution in [3.8, 4) is 5.75 Å². The van der Waals surface area contributed by atoms with Crippen LogP contribution in [0.5, 0.6) is 5.75 Å². The Labute approximate surface area is 116 Å². The minimum atomic E-state index is -0.325. The SMILES string of the molecule is CC(C)Oc1ccc(NC(=O)c2cc[nH]c(=O)c2)cc1. The van der Waals surface area contributed by atoms with Crippen LogP contribution in [0.15, 0.2) is 47.4 Å². The first kappa shape index (κ1) is 13.9. The highest BCUT2D eigenvalue weighted by atomic mass is 16.5. The molecule has 0 unspecified atom stereocenters. The minimum Gasteiger partial charge on any atom is -0.491 e. The molecule has 5 heteroatoms. The number of hydrogen-bond donors (Lipinski definition) is 2. The van der Waals surface area contributed by atoms with Crippen molar-refractivity contribution >= 4 is 11.6 Å². The van der Waals surface area contributed by atoms with E-state index in [1.807, 2.05) is 13.8 Å². The highest BCUT2D eigenvalue weighted by molar-refractivity contribution is 6.04. The Morgan fingerprint density at radius 3 is 2.50 bits per heavy atom. The maximum absolute atomic E-state index is 11.9. The molecule has 0 aliphatic carbocycles. The predicted octanol–water partition coefficient (Wildman–Crippen LogP) is 2.41. The van der Waals surface area contributed by atoms with Crippen LogP contribution in [-0.4, -0.2) is 17.0 Å². The second-order valence-corrected chi connectivity index (χ2v) is 4.59. The summed E-state index contributed by atoms with van der Waals surface area (Å²) in [4.78, 5) is 25.5. The van der Waals surface area contributed by atoms with Gasteiger partial charge in [0.1, 0.15) is 5.75 Å². The number of benzene rings is 1. The third-order valence-electron chi connectivity index (χ3n) is 2.52. The van der Waals surface area contributed by atoms with E-state index >= 15 is 0 Å². The third-order valence-corrected chi connectivity index (χ3v) is 2.52. The van der Waals surface area contributed by atoms with Crippen LogP contribution in [0.3, 0.4) is 0 Å². The molecule has 20 heavy (non-hydrogen) atoms. The lowest BCUT2D eigenvalue weighted by Crippen LogP contribution is -2.15. The molecule has 0 aliphatic rings. The van der Waals surface area contributed by atoms with Gasteiger partial charge in [-0.25, -0.2) is 0 Å². The molecule has 1 aromatic carbocycles. The number of aromatic nitrogens is 1. The summed E-state index contributed by atoms with van der Waals surface area (Å²) in [5.41, 5.74) is 0.654. The first-order valence-corrected chi connectivity index (χ1v) is 6.31. The van der Waals surface area contributed by atoms with Crippen molar-refractivity contribution in [1.29, 1.82) is 0 Å². The standard InChI is InChI=1S/C15H16N2O3/c1-10(2)20-13-5-3-12(4-6-13)17-15(19)11-7-8-16-14(18)9-11/h3-10H,1-2H3,(H,16,18)(H,17,19). The summed E-state index contributed by atoms with van der Waals surface area (Å²) in [5.74, 6) is 0.419. The fourth-order valence-corrected chi connectivity index (χ4v) is 1.68. The highest BCUT2D eigenvalue weighted by Gasteiger charge is 2.06. The number of H-pyrrole nitrogens is 1. The zero-order chi connectivity index (χ0) is 14.5. The quantitative estimate of drug-likeness (QED) is 0.897. The number of carbonyl (C=O) groups is 1. The maximum Gasteiger partial charge on any atom is 0.255 e. The van der Waals surface area contributed by atoms with Crippen molar-refractivity contribution in [2.75, 3.05) is 5.32 Å². The molecule has 0 bridgehead atoms. The highest BCUT2D eigenvalue weighted by Crippen LogP contribution is 2.17. The average molecular weight is 272 g/mol. The van der Waals surface area contributed by atoms with Crippen LogP contribution < -0.4 is 15.6 Å². The van der Waals surface area contributed by atoms with Gasteiger partial charge in [-0.05, 0) is 44.2 Å². The Hall–Kier alpha value is -2.56. The van der Waals surface area contributed by atoms with Gasteiger partial charge in [-0.15, -0.1) is 0 Å². The number of ether oxygens (including phenoxy) is 1. The second-order valence-electron chi connectivity index (χ2n) is 4.59. The van der Waals surface area contributed by atoms with Crippen LogP contribution in [0.1, 0.15) is 24.2 Å². The zero-order valence-electron chi connectivity index (χ0n) is 11.3. The molecule has 5 nitrogen and oxygen atoms in total. The number of rotatable bonds is 4. The van der Waals surface area contributed by atoms with Crippen molar-refractivity contribution in [3.63, 3.8) is 0 Å². The van der Waals surface area contributed by atoms with E-state index in [1.54, 1.807) is 30.3 Å². The second kappa shape index (κ2) is 6.06. The number of anilines is 1. The molecule has 2 rings (SSSR count). The number of nitrogens with one attached hydrogen (secondary N) is 2. The fraction of sp³-hybridized carbons (Fsp3) is 0.200. The summed E-state index contributed by atoms with van der Waals surface area (Å²) < 4.78 is 5.52. The molecule has 0 saturated carbocycles. The molecule has 1 heterocycles. The first-order chi connectivity index (χ1) is 9.54. The fourth-order valence-electron chi connectivity index (χ4n) is 1.68. The lowest BCUT2D eigenvalue weighted by molar-refractivity contribution is 0.102. The van der Waals surface area contributed by atoms with E-state index in [4.69, 9.17) is 4.74 Å². The number of aromatic amines is 1. The number of pyridine rings is 1. The summed E-state index contributed by atoms with van der Waals surface area (Å²) in [5, 5.41) is 2.72. The molecule has 2 N–H and O–H groups in total. The molecule has 0 saturated heterocycles. The topological polar surface area (TPSA) is 71.2 Å². The Morgan fingerprint density at radius 2 is 1.90 bits per heavy atom. The van der Waals surface area contributed by atoms with Gasteiger partial charge in [0.05, 0.1) is 6.10 Å². The summed E-state index contributed by atoms with van der Waals surface area (Å²) >= 11 is 0. The van der Waals surface area contributed by atoms with Gasteiger partial charge < -0.3 is 15.0 Å². The summed E-state index contributed by atoms with van der Waals surface area (Å²) in [7, 11) is 0. The molecule has 0 spiro atoms. The van der Waals surface area contributed by atoms with Crippen LogP contribution in [0.2, 0.25) is 0 Å². The van der Waals surface area contributed by atoms with Crippen molar-refractivity contribution in [3.05, 3.63) is 58.5 Å². The van der Waals surface area contributed by atoms with Crippen molar-refractivity contribution in [1.82, 2.24) is 4.98 Å². The van der Waals surface area contributed by atoms with Crippen LogP contribution in [0, 0.1) is 0 Å². The van der Waals surface area contributed by atoms with E-state index in [-0.39, 0.29) is 17.6 Å². The van der Waals surface area contributed by atoms with Crippen LogP contribution in [0.25, 0.3) is 0 Å². The van der Waals surface area contributed by atoms with Gasteiger partial charge in [-0.2, -0.15) is 0 Å². The zero-order valence-corrected chi connectivity index (χ0v) is 11.3. The molecular weight excluding hydrogens is 256 g/mol. The van der Waals surface area contributed by atoms with Gasteiger partial charge in [0.2, 0.25) is 5.56 Å². The molecule has 0 aliphatic heterocycles. The molecule has 2 aromatic rings. The molecule has 0 fully saturated rings. The van der Waals surface area contributed by atoms with Crippen molar-refractivity contribution in [2.45, 2.75) is 20.0 Å². The Bertz CT molecular complexity index is 645. The minimum absolute atomic E-state index is 0.103. The van der Waals surface area contributed by atoms with Gasteiger partial charge in [-0.3, -0.25) is 9.59 Å². The number of carbonyl (C=O) groups excluding carboxylic acids is 1. The third kappa shape index (κ3) is 3.71. The lowest BCUT2D eigenvalue weighted by Gasteiger charge is -2.10. The Kier molecular flexibility index (Phi) is 4.20. The first-order valence-electron chi connectivity index (χ1n) is 6.31. The molecule has 0 radical (unpaired) electrons. The summed E-state index contributed by atoms with van der Waals surface area (Å²) in [6.45, 7) is 3.89. The van der Waals surface area contributed by atoms with Gasteiger partial charge in [0.15, 0.2) is 0 Å². The van der Waals surface area contributed by atoms with Gasteiger partial charge >= 0.3 is 0 Å². The lowest BCUT2D eigenvalue weighted by atomic mass is 10.2. The van der Waals surface area contributed by atoms with Crippen molar-refractivity contribution in [2.24, 2.45) is 0 Å². The average Bonchev–Trinajstić information content (AvgIpc) is 2.40. The normalized spacial score (nSPS) is 10.3. The number of amides is 1. The maximum atomic E-state index is 11.9. The molecule has 104 valence electrons. The molecule has 1 aromatic heterocycles. The van der Waals surface area contributed by atoms with Gasteiger partial charge in [0, 0.05) is 23.5 Å². The monoisotopic (exact) mass is 272 g/mol. The van der Waals surface area contributed by atoms with E-state index in [0.717, 1.165) is 5.75 Å².